The van der Waals surface area contributed by atoms with E-state index in [1.54, 1.807) is 34.6 Å². The predicted molar refractivity (Wildman–Crippen MR) is 94.2 cm³/mol. The zero-order valence-corrected chi connectivity index (χ0v) is 16.4. The molecule has 0 radical (unpaired) electrons. The first-order valence-corrected chi connectivity index (χ1v) is 8.68. The number of aromatic nitrogens is 1. The van der Waals surface area contributed by atoms with Crippen molar-refractivity contribution in [2.45, 2.75) is 53.6 Å². The number of ether oxygens (including phenoxy) is 3. The molecular weight excluding hydrogens is 356 g/mol. The van der Waals surface area contributed by atoms with E-state index in [-0.39, 0.29) is 42.1 Å². The molecule has 0 unspecified atom stereocenters. The maximum absolute atomic E-state index is 12.5. The van der Waals surface area contributed by atoms with Crippen molar-refractivity contribution in [3.63, 3.8) is 0 Å². The molecule has 148 valence electrons. The van der Waals surface area contributed by atoms with Crippen LogP contribution in [0.4, 0.5) is 4.79 Å². The summed E-state index contributed by atoms with van der Waals surface area (Å²) < 4.78 is 16.6. The number of esters is 2. The summed E-state index contributed by atoms with van der Waals surface area (Å²) in [4.78, 5) is 49.9. The first-order valence-electron chi connectivity index (χ1n) is 8.68. The summed E-state index contributed by atoms with van der Waals surface area (Å²) in [5, 5.41) is 0.793. The van der Waals surface area contributed by atoms with Gasteiger partial charge < -0.3 is 14.2 Å². The number of rotatable bonds is 4. The lowest BCUT2D eigenvalue weighted by molar-refractivity contribution is -0.118. The molecule has 0 saturated heterocycles. The molecule has 0 fully saturated rings. The average Bonchev–Trinajstić information content (AvgIpc) is 2.99. The molecule has 0 atom stereocenters. The third-order valence-electron chi connectivity index (χ3n) is 3.75. The van der Waals surface area contributed by atoms with Gasteiger partial charge in [-0.15, -0.1) is 5.01 Å². The van der Waals surface area contributed by atoms with Crippen LogP contribution in [0.15, 0.2) is 0 Å². The second-order valence-electron chi connectivity index (χ2n) is 6.90. The number of nitrogens with zero attached hydrogens (tertiary/aromatic N) is 2. The van der Waals surface area contributed by atoms with Gasteiger partial charge in [0.05, 0.1) is 42.1 Å². The highest BCUT2D eigenvalue weighted by molar-refractivity contribution is 6.12. The maximum atomic E-state index is 12.5. The highest BCUT2D eigenvalue weighted by Crippen LogP contribution is 2.30. The maximum Gasteiger partial charge on any atom is 0.437 e. The van der Waals surface area contributed by atoms with Gasteiger partial charge in [0.2, 0.25) is 0 Å². The summed E-state index contributed by atoms with van der Waals surface area (Å²) in [6.45, 7) is 9.99. The van der Waals surface area contributed by atoms with Crippen LogP contribution in [0.5, 0.6) is 0 Å². The molecule has 2 rings (SSSR count). The molecular formula is C18H24N2O7. The fourth-order valence-corrected chi connectivity index (χ4v) is 2.87. The van der Waals surface area contributed by atoms with Crippen molar-refractivity contribution in [3.8, 4) is 0 Å². The predicted octanol–water partition coefficient (Wildman–Crippen LogP) is 2.11. The third-order valence-corrected chi connectivity index (χ3v) is 3.75. The molecule has 1 aromatic rings. The molecule has 0 saturated carbocycles. The van der Waals surface area contributed by atoms with Crippen LogP contribution < -0.4 is 5.01 Å². The summed E-state index contributed by atoms with van der Waals surface area (Å²) in [5.74, 6) is -2.05. The zero-order valence-electron chi connectivity index (χ0n) is 16.4. The van der Waals surface area contributed by atoms with E-state index in [0.29, 0.717) is 0 Å². The lowest BCUT2D eigenvalue weighted by Gasteiger charge is -2.24. The molecule has 1 aliphatic heterocycles. The number of hydrogen-bond acceptors (Lipinski definition) is 7. The Balaban J connectivity index is 2.62. The molecule has 1 aliphatic rings. The van der Waals surface area contributed by atoms with E-state index in [1.165, 1.54) is 11.6 Å². The molecule has 27 heavy (non-hydrogen) atoms. The lowest BCUT2D eigenvalue weighted by atomic mass is 10.1. The Morgan fingerprint density at radius 1 is 1.00 bits per heavy atom. The molecule has 1 aromatic heterocycles. The van der Waals surface area contributed by atoms with Crippen LogP contribution >= 0.6 is 0 Å². The number of fused-ring (bicyclic) bond motifs is 1. The van der Waals surface area contributed by atoms with Gasteiger partial charge in [0.15, 0.2) is 0 Å². The van der Waals surface area contributed by atoms with E-state index in [0.717, 1.165) is 5.01 Å². The SMILES string of the molecule is CCOC(=O)c1c(C(=O)OCC)c2n(c1C)N(C(=O)OC(C)(C)C)C(=O)C2. The fraction of sp³-hybridized carbons (Fsp3) is 0.556. The summed E-state index contributed by atoms with van der Waals surface area (Å²) in [7, 11) is 0. The smallest absolute Gasteiger partial charge is 0.437 e. The van der Waals surface area contributed by atoms with Gasteiger partial charge in [-0.1, -0.05) is 0 Å². The molecule has 0 bridgehead atoms. The molecule has 9 heteroatoms. The van der Waals surface area contributed by atoms with Crippen LogP contribution in [-0.2, 0) is 25.4 Å². The summed E-state index contributed by atoms with van der Waals surface area (Å²) >= 11 is 0. The average molecular weight is 380 g/mol. The van der Waals surface area contributed by atoms with E-state index in [1.807, 2.05) is 0 Å². The second kappa shape index (κ2) is 7.42. The monoisotopic (exact) mass is 380 g/mol. The van der Waals surface area contributed by atoms with E-state index < -0.39 is 29.5 Å². The Hall–Kier alpha value is -2.84. The van der Waals surface area contributed by atoms with Crippen molar-refractivity contribution < 1.29 is 33.4 Å². The van der Waals surface area contributed by atoms with Crippen molar-refractivity contribution in [1.29, 1.82) is 0 Å². The Bertz CT molecular complexity index is 802. The summed E-state index contributed by atoms with van der Waals surface area (Å²) in [5.41, 5.74) is -0.485. The van der Waals surface area contributed by atoms with E-state index in [4.69, 9.17) is 14.2 Å². The topological polar surface area (TPSA) is 104 Å². The van der Waals surface area contributed by atoms with Crippen molar-refractivity contribution in [2.24, 2.45) is 0 Å². The Morgan fingerprint density at radius 3 is 2.00 bits per heavy atom. The Morgan fingerprint density at radius 2 is 1.52 bits per heavy atom. The van der Waals surface area contributed by atoms with Gasteiger partial charge >= 0.3 is 18.0 Å². The van der Waals surface area contributed by atoms with Gasteiger partial charge in [-0.25, -0.2) is 19.1 Å². The molecule has 0 N–H and O–H groups in total. The Kier molecular flexibility index (Phi) is 5.62. The van der Waals surface area contributed by atoms with Crippen molar-refractivity contribution in [2.75, 3.05) is 18.2 Å². The first kappa shape index (κ1) is 20.5. The van der Waals surface area contributed by atoms with Gasteiger partial charge in [-0.2, -0.15) is 0 Å². The van der Waals surface area contributed by atoms with Crippen LogP contribution in [0, 0.1) is 6.92 Å². The Labute approximate surface area is 157 Å². The van der Waals surface area contributed by atoms with E-state index in [2.05, 4.69) is 0 Å². The largest absolute Gasteiger partial charge is 0.462 e. The van der Waals surface area contributed by atoms with Gasteiger partial charge in [-0.05, 0) is 41.5 Å². The second-order valence-corrected chi connectivity index (χ2v) is 6.90. The number of carbonyl (C=O) groups excluding carboxylic acids is 4. The lowest BCUT2D eigenvalue weighted by Crippen LogP contribution is -2.45. The van der Waals surface area contributed by atoms with E-state index in [9.17, 15) is 19.2 Å². The van der Waals surface area contributed by atoms with Gasteiger partial charge in [0, 0.05) is 0 Å². The molecule has 2 amide bonds. The van der Waals surface area contributed by atoms with Crippen molar-refractivity contribution >= 4 is 23.9 Å². The van der Waals surface area contributed by atoms with Crippen LogP contribution in [0.2, 0.25) is 0 Å². The molecule has 9 nitrogen and oxygen atoms in total. The number of hydrogen-bond donors (Lipinski definition) is 0. The molecule has 2 heterocycles. The minimum absolute atomic E-state index is 0.0219. The van der Waals surface area contributed by atoms with Gasteiger partial charge in [0.1, 0.15) is 5.60 Å². The molecule has 0 aromatic carbocycles. The van der Waals surface area contributed by atoms with Gasteiger partial charge in [-0.3, -0.25) is 4.79 Å². The summed E-state index contributed by atoms with van der Waals surface area (Å²) in [6, 6.07) is 0. The fourth-order valence-electron chi connectivity index (χ4n) is 2.87. The highest BCUT2D eigenvalue weighted by Gasteiger charge is 2.43. The molecule has 0 spiro atoms. The van der Waals surface area contributed by atoms with Crippen LogP contribution in [-0.4, -0.2) is 47.4 Å². The number of amides is 2. The number of imide groups is 1. The first-order chi connectivity index (χ1) is 12.5. The van der Waals surface area contributed by atoms with Gasteiger partial charge in [0.25, 0.3) is 5.91 Å². The van der Waals surface area contributed by atoms with Crippen molar-refractivity contribution in [3.05, 3.63) is 22.5 Å². The normalized spacial score (nSPS) is 13.4. The quantitative estimate of drug-likeness (QED) is 0.582. The third kappa shape index (κ3) is 3.81. The minimum Gasteiger partial charge on any atom is -0.462 e. The highest BCUT2D eigenvalue weighted by atomic mass is 16.6. The van der Waals surface area contributed by atoms with E-state index >= 15 is 0 Å². The summed E-state index contributed by atoms with van der Waals surface area (Å²) in [6.07, 6.45) is -1.14. The minimum atomic E-state index is -0.893. The van der Waals surface area contributed by atoms with Crippen LogP contribution in [0.3, 0.4) is 0 Å². The van der Waals surface area contributed by atoms with Crippen LogP contribution in [0.1, 0.15) is 66.7 Å². The van der Waals surface area contributed by atoms with Crippen molar-refractivity contribution in [1.82, 2.24) is 4.68 Å². The standard InChI is InChI=1S/C18H24N2O7/c1-7-25-15(22)13-10(3)19-11(14(13)16(23)26-8-2)9-12(21)20(19)17(24)27-18(4,5)6/h7-9H2,1-6H3. The van der Waals surface area contributed by atoms with Crippen LogP contribution in [0.25, 0.3) is 0 Å². The zero-order chi connectivity index (χ0) is 20.5. The molecule has 0 aliphatic carbocycles. The number of carbonyl (C=O) groups is 4.